The molecule has 24 heavy (non-hydrogen) atoms. The Kier molecular flexibility index (Phi) is 4.60. The molecule has 1 fully saturated rings. The Balaban J connectivity index is 1.94. The summed E-state index contributed by atoms with van der Waals surface area (Å²) in [6.07, 6.45) is -6.54. The minimum Gasteiger partial charge on any atom is -0.390 e. The molecule has 2 aromatic rings. The van der Waals surface area contributed by atoms with E-state index in [9.17, 15) is 15.3 Å². The molecule has 1 aliphatic heterocycles. The Morgan fingerprint density at radius 3 is 2.21 bits per heavy atom. The normalized spacial score (nSPS) is 34.9. The molecule has 0 aliphatic carbocycles. The van der Waals surface area contributed by atoms with E-state index in [4.69, 9.17) is 7.48 Å². The molecule has 5 heteroatoms. The number of benzene rings is 2. The Morgan fingerprint density at radius 2 is 1.62 bits per heavy atom. The summed E-state index contributed by atoms with van der Waals surface area (Å²) in [6, 6.07) is 17.3. The molecule has 1 aliphatic rings. The summed E-state index contributed by atoms with van der Waals surface area (Å²) in [4.78, 5) is 0. The van der Waals surface area contributed by atoms with Gasteiger partial charge in [0.15, 0.2) is 0 Å². The third kappa shape index (κ3) is 3.55. The molecule has 7 atom stereocenters. The van der Waals surface area contributed by atoms with Crippen LogP contribution in [0.15, 0.2) is 60.7 Å². The highest BCUT2D eigenvalue weighted by molar-refractivity contribution is 9.09. The van der Waals surface area contributed by atoms with Crippen molar-refractivity contribution in [1.82, 2.24) is 0 Å². The summed E-state index contributed by atoms with van der Waals surface area (Å²) in [6.45, 7) is 0. The zero-order chi connectivity index (χ0) is 18.9. The number of hydrogen-bond donors (Lipinski definition) is 3. The second-order valence-electron chi connectivity index (χ2n) is 5.86. The first-order chi connectivity index (χ1) is 12.4. The van der Waals surface area contributed by atoms with Crippen molar-refractivity contribution in [2.24, 2.45) is 0 Å². The van der Waals surface area contributed by atoms with E-state index < -0.39 is 41.7 Å². The Morgan fingerprint density at radius 1 is 1.08 bits per heavy atom. The summed E-state index contributed by atoms with van der Waals surface area (Å²) in [5, 5.41) is 31.5. The van der Waals surface area contributed by atoms with E-state index in [1.807, 2.05) is 0 Å². The molecule has 0 aromatic heterocycles. The lowest BCUT2D eigenvalue weighted by Gasteiger charge is -2.33. The number of aliphatic hydroxyl groups is 3. The van der Waals surface area contributed by atoms with Crippen molar-refractivity contribution in [3.63, 3.8) is 0 Å². The fourth-order valence-corrected chi connectivity index (χ4v) is 3.54. The second-order valence-corrected chi connectivity index (χ2v) is 6.77. The van der Waals surface area contributed by atoms with Crippen LogP contribution in [0.3, 0.4) is 0 Å². The molecule has 2 aromatic carbocycles. The minimum absolute atomic E-state index is 0.484. The smallest absolute Gasteiger partial charge is 0.141 e. The van der Waals surface area contributed by atoms with Crippen LogP contribution in [0.2, 0.25) is 0 Å². The van der Waals surface area contributed by atoms with Gasteiger partial charge in [0.25, 0.3) is 0 Å². The molecule has 1 saturated heterocycles. The number of rotatable bonds is 5. The molecular weight excluding hydrogens is 372 g/mol. The number of hydrogen-bond acceptors (Lipinski definition) is 4. The molecule has 3 N–H and O–H groups in total. The predicted octanol–water partition coefficient (Wildman–Crippen LogP) is 2.04. The van der Waals surface area contributed by atoms with Gasteiger partial charge in [0.05, 0.1) is 6.10 Å². The van der Waals surface area contributed by atoms with Gasteiger partial charge in [-0.05, 0) is 11.1 Å². The van der Waals surface area contributed by atoms with Crippen LogP contribution >= 0.6 is 15.9 Å². The van der Waals surface area contributed by atoms with Crippen LogP contribution in [0.1, 0.15) is 13.9 Å². The zero-order valence-electron chi connectivity index (χ0n) is 14.9. The topological polar surface area (TPSA) is 69.9 Å². The first-order valence-corrected chi connectivity index (χ1v) is 8.61. The highest BCUT2D eigenvalue weighted by atomic mass is 79.9. The zero-order valence-corrected chi connectivity index (χ0v) is 14.5. The predicted molar refractivity (Wildman–Crippen MR) is 94.8 cm³/mol. The van der Waals surface area contributed by atoms with Gasteiger partial charge in [-0.3, -0.25) is 0 Å². The van der Waals surface area contributed by atoms with Crippen molar-refractivity contribution in [2.45, 2.75) is 41.7 Å². The van der Waals surface area contributed by atoms with Gasteiger partial charge < -0.3 is 20.1 Å². The van der Waals surface area contributed by atoms with Crippen molar-refractivity contribution in [3.05, 3.63) is 71.8 Å². The van der Waals surface area contributed by atoms with Crippen LogP contribution in [0, 0.1) is 0 Å². The second kappa shape index (κ2) is 7.33. The van der Waals surface area contributed by atoms with E-state index >= 15 is 0 Å². The van der Waals surface area contributed by atoms with Gasteiger partial charge in [0.1, 0.15) is 22.8 Å². The first-order valence-electron chi connectivity index (χ1n) is 8.85. The van der Waals surface area contributed by atoms with Gasteiger partial charge in [0.2, 0.25) is 0 Å². The molecule has 0 spiro atoms. The maximum atomic E-state index is 11.2. The first kappa shape index (κ1) is 15.0. The van der Waals surface area contributed by atoms with Crippen molar-refractivity contribution in [3.8, 4) is 0 Å². The lowest BCUT2D eigenvalue weighted by atomic mass is 9.82. The van der Waals surface area contributed by atoms with E-state index in [0.29, 0.717) is 11.1 Å². The Labute approximate surface area is 152 Å². The van der Waals surface area contributed by atoms with E-state index in [1.165, 1.54) is 0 Å². The molecule has 1 heterocycles. The minimum atomic E-state index is -2.08. The molecule has 0 saturated carbocycles. The number of halogens is 1. The molecule has 0 radical (unpaired) electrons. The van der Waals surface area contributed by atoms with Crippen molar-refractivity contribution >= 4 is 15.9 Å². The van der Waals surface area contributed by atoms with E-state index in [1.54, 1.807) is 60.7 Å². The molecule has 3 rings (SSSR count). The molecule has 128 valence electrons. The summed E-state index contributed by atoms with van der Waals surface area (Å²) < 4.78 is 22.4. The maximum absolute atomic E-state index is 11.2. The largest absolute Gasteiger partial charge is 0.390 e. The highest BCUT2D eigenvalue weighted by Gasteiger charge is 2.56. The van der Waals surface area contributed by atoms with Crippen LogP contribution < -0.4 is 0 Å². The maximum Gasteiger partial charge on any atom is 0.141 e. The van der Waals surface area contributed by atoms with Gasteiger partial charge in [-0.1, -0.05) is 76.6 Å². The van der Waals surface area contributed by atoms with Gasteiger partial charge in [0, 0.05) is 15.5 Å². The summed E-state index contributed by atoms with van der Waals surface area (Å²) >= 11 is 3.15. The van der Waals surface area contributed by atoms with Crippen LogP contribution in [-0.2, 0) is 17.5 Å². The fourth-order valence-electron chi connectivity index (χ4n) is 2.89. The van der Waals surface area contributed by atoms with Crippen molar-refractivity contribution in [2.75, 3.05) is 0 Å². The van der Waals surface area contributed by atoms with Crippen molar-refractivity contribution < 1.29 is 22.8 Å². The number of aliphatic hydroxyl groups excluding tert-OH is 2. The quantitative estimate of drug-likeness (QED) is 0.678. The molecule has 4 unspecified atom stereocenters. The van der Waals surface area contributed by atoms with Gasteiger partial charge in [-0.15, -0.1) is 0 Å². The number of ether oxygens (including phenoxy) is 1. The lowest BCUT2D eigenvalue weighted by Crippen LogP contribution is -2.54. The number of alkyl halides is 1. The monoisotopic (exact) mass is 394 g/mol. The molecular formula is C19H21BrO4. The lowest BCUT2D eigenvalue weighted by molar-refractivity contribution is -0.117. The molecule has 0 bridgehead atoms. The fraction of sp³-hybridized carbons (Fsp3) is 0.368. The SMILES string of the molecule is [2H]C(c1ccccc1)C(O)[C@H]1OC(Br)[C@@H](O)[C@@]1(O)C([2H])c1ccccc1. The van der Waals surface area contributed by atoms with Crippen LogP contribution in [0.5, 0.6) is 0 Å². The van der Waals surface area contributed by atoms with Crippen LogP contribution in [-0.4, -0.2) is 44.2 Å². The summed E-state index contributed by atoms with van der Waals surface area (Å²) in [7, 11) is 0. The van der Waals surface area contributed by atoms with Crippen LogP contribution in [0.25, 0.3) is 0 Å². The van der Waals surface area contributed by atoms with Crippen molar-refractivity contribution in [1.29, 1.82) is 0 Å². The van der Waals surface area contributed by atoms with Gasteiger partial charge in [-0.2, -0.15) is 0 Å². The Bertz CT molecular complexity index is 720. The van der Waals surface area contributed by atoms with Gasteiger partial charge >= 0.3 is 0 Å². The molecule has 0 amide bonds. The van der Waals surface area contributed by atoms with Gasteiger partial charge in [-0.25, -0.2) is 0 Å². The van der Waals surface area contributed by atoms with Crippen LogP contribution in [0.4, 0.5) is 0 Å². The average Bonchev–Trinajstić information content (AvgIpc) is 2.92. The summed E-state index contributed by atoms with van der Waals surface area (Å²) in [5.41, 5.74) is -1.04. The highest BCUT2D eigenvalue weighted by Crippen LogP contribution is 2.38. The van der Waals surface area contributed by atoms with E-state index in [-0.39, 0.29) is 0 Å². The Hall–Kier alpha value is -1.24. The van der Waals surface area contributed by atoms with E-state index in [0.717, 1.165) is 0 Å². The third-order valence-electron chi connectivity index (χ3n) is 4.12. The summed E-state index contributed by atoms with van der Waals surface area (Å²) in [5.74, 6) is 0. The average molecular weight is 395 g/mol. The third-order valence-corrected chi connectivity index (χ3v) is 4.84. The van der Waals surface area contributed by atoms with E-state index in [2.05, 4.69) is 15.9 Å². The molecule has 4 nitrogen and oxygen atoms in total. The standard InChI is InChI=1S/C19H21BrO4/c20-18-16(22)19(23,12-14-9-5-2-6-10-14)17(24-18)15(21)11-13-7-3-1-4-8-13/h1-10,15-18,21-23H,11-12H2/t15?,16-,17-,18?,19+/m1/s1/i11D,12D/t11?,12?,15?,16-,17-,18?,19+.